The standard InChI is InChI=1S/C44H53N3O3/c1-5-8-11-12-13-19-31-49-39-32-34(47(29-9-6-2)30-10-7-3)26-27-37(39)44(42-36(43(48)50-44)24-20-28-45-42)40-35-23-17-18-25-38(35)46(4)41(40)33-21-15-14-16-22-33/h14-18,20-28,32H,5-13,19,29-31H2,1-4H3. The Bertz CT molecular complexity index is 1870. The van der Waals surface area contributed by atoms with Crippen molar-refractivity contribution < 1.29 is 14.3 Å². The number of esters is 1. The highest BCUT2D eigenvalue weighted by molar-refractivity contribution is 6.00. The Hall–Kier alpha value is -4.58. The van der Waals surface area contributed by atoms with Crippen LogP contribution in [-0.4, -0.2) is 35.2 Å². The van der Waals surface area contributed by atoms with Crippen LogP contribution in [0, 0.1) is 0 Å². The van der Waals surface area contributed by atoms with Crippen LogP contribution in [0.1, 0.15) is 112 Å². The lowest BCUT2D eigenvalue weighted by molar-refractivity contribution is 0.0241. The number of hydrogen-bond acceptors (Lipinski definition) is 5. The molecule has 2 aromatic heterocycles. The van der Waals surface area contributed by atoms with Crippen LogP contribution in [0.25, 0.3) is 22.2 Å². The van der Waals surface area contributed by atoms with Crippen molar-refractivity contribution in [1.29, 1.82) is 0 Å². The zero-order valence-electron chi connectivity index (χ0n) is 30.4. The van der Waals surface area contributed by atoms with E-state index in [4.69, 9.17) is 14.5 Å². The van der Waals surface area contributed by atoms with Crippen LogP contribution >= 0.6 is 0 Å². The van der Waals surface area contributed by atoms with Gasteiger partial charge in [-0.15, -0.1) is 0 Å². The maximum atomic E-state index is 14.0. The second kappa shape index (κ2) is 16.4. The minimum absolute atomic E-state index is 0.376. The lowest BCUT2D eigenvalue weighted by Gasteiger charge is -2.33. The van der Waals surface area contributed by atoms with Crippen LogP contribution in [0.2, 0.25) is 0 Å². The fourth-order valence-corrected chi connectivity index (χ4v) is 7.51. The zero-order valence-corrected chi connectivity index (χ0v) is 30.4. The number of anilines is 1. The van der Waals surface area contributed by atoms with E-state index >= 15 is 0 Å². The molecular weight excluding hydrogens is 619 g/mol. The summed E-state index contributed by atoms with van der Waals surface area (Å²) >= 11 is 0. The number of aryl methyl sites for hydroxylation is 1. The molecule has 0 spiro atoms. The van der Waals surface area contributed by atoms with Gasteiger partial charge < -0.3 is 18.9 Å². The van der Waals surface area contributed by atoms with Crippen LogP contribution < -0.4 is 9.64 Å². The van der Waals surface area contributed by atoms with Gasteiger partial charge in [0.15, 0.2) is 0 Å². The molecule has 0 amide bonds. The Morgan fingerprint density at radius 2 is 1.48 bits per heavy atom. The van der Waals surface area contributed by atoms with E-state index in [1.807, 2.05) is 18.2 Å². The van der Waals surface area contributed by atoms with Crippen LogP contribution in [0.5, 0.6) is 5.75 Å². The summed E-state index contributed by atoms with van der Waals surface area (Å²) in [5.41, 5.74) is 5.66. The van der Waals surface area contributed by atoms with Gasteiger partial charge in [0.1, 0.15) is 11.4 Å². The number of fused-ring (bicyclic) bond motifs is 2. The Kier molecular flexibility index (Phi) is 11.6. The predicted octanol–water partition coefficient (Wildman–Crippen LogP) is 10.8. The lowest BCUT2D eigenvalue weighted by atomic mass is 9.79. The number of cyclic esters (lactones) is 1. The minimum Gasteiger partial charge on any atom is -0.493 e. The first-order chi connectivity index (χ1) is 24.5. The molecule has 6 nitrogen and oxygen atoms in total. The number of carbonyl (C=O) groups is 1. The molecule has 3 heterocycles. The number of unbranched alkanes of at least 4 members (excludes halogenated alkanes) is 7. The first-order valence-corrected chi connectivity index (χ1v) is 18.9. The molecule has 1 aliphatic heterocycles. The monoisotopic (exact) mass is 671 g/mol. The molecule has 0 fully saturated rings. The summed E-state index contributed by atoms with van der Waals surface area (Å²) in [7, 11) is 2.09. The molecule has 6 rings (SSSR count). The zero-order chi connectivity index (χ0) is 34.9. The molecular formula is C44H53N3O3. The van der Waals surface area contributed by atoms with Gasteiger partial charge in [-0.1, -0.05) is 114 Å². The number of rotatable bonds is 18. The fraction of sp³-hybridized carbons (Fsp3) is 0.409. The van der Waals surface area contributed by atoms with E-state index in [0.717, 1.165) is 96.3 Å². The van der Waals surface area contributed by atoms with E-state index in [1.54, 1.807) is 6.20 Å². The van der Waals surface area contributed by atoms with Gasteiger partial charge >= 0.3 is 5.97 Å². The largest absolute Gasteiger partial charge is 0.493 e. The van der Waals surface area contributed by atoms with E-state index in [1.165, 1.54) is 25.7 Å². The van der Waals surface area contributed by atoms with Crippen molar-refractivity contribution >= 4 is 22.6 Å². The number of ether oxygens (including phenoxy) is 2. The maximum absolute atomic E-state index is 14.0. The topological polar surface area (TPSA) is 56.6 Å². The van der Waals surface area contributed by atoms with Crippen molar-refractivity contribution in [3.05, 3.63) is 114 Å². The summed E-state index contributed by atoms with van der Waals surface area (Å²) < 4.78 is 15.9. The van der Waals surface area contributed by atoms with Crippen molar-refractivity contribution in [2.75, 3.05) is 24.6 Å². The third-order valence-corrected chi connectivity index (χ3v) is 10.1. The van der Waals surface area contributed by atoms with Crippen LogP contribution in [0.4, 0.5) is 5.69 Å². The van der Waals surface area contributed by atoms with E-state index in [0.29, 0.717) is 17.9 Å². The highest BCUT2D eigenvalue weighted by atomic mass is 16.6. The molecule has 0 saturated heterocycles. The third-order valence-electron chi connectivity index (χ3n) is 10.1. The predicted molar refractivity (Wildman–Crippen MR) is 205 cm³/mol. The van der Waals surface area contributed by atoms with Crippen LogP contribution in [-0.2, 0) is 17.4 Å². The first kappa shape index (κ1) is 35.3. The molecule has 0 radical (unpaired) electrons. The Balaban J connectivity index is 1.59. The van der Waals surface area contributed by atoms with E-state index < -0.39 is 5.60 Å². The molecule has 0 saturated carbocycles. The van der Waals surface area contributed by atoms with Gasteiger partial charge in [0.25, 0.3) is 0 Å². The number of carbonyl (C=O) groups excluding carboxylic acids is 1. The summed E-state index contributed by atoms with van der Waals surface area (Å²) in [4.78, 5) is 21.5. The minimum atomic E-state index is -1.34. The van der Waals surface area contributed by atoms with Gasteiger partial charge in [0.2, 0.25) is 5.60 Å². The van der Waals surface area contributed by atoms with Crippen molar-refractivity contribution in [2.45, 2.75) is 90.6 Å². The summed E-state index contributed by atoms with van der Waals surface area (Å²) in [5.74, 6) is 0.366. The number of hydrogen-bond donors (Lipinski definition) is 0. The van der Waals surface area contributed by atoms with Gasteiger partial charge in [-0.3, -0.25) is 4.98 Å². The maximum Gasteiger partial charge on any atom is 0.341 e. The number of aromatic nitrogens is 2. The molecule has 0 bridgehead atoms. The SMILES string of the molecule is CCCCCCCCOc1cc(N(CCCC)CCCC)ccc1C1(c2c(-c3ccccc3)n(C)c3ccccc23)OC(=O)c2cccnc21. The van der Waals surface area contributed by atoms with Crippen LogP contribution in [0.15, 0.2) is 91.1 Å². The van der Waals surface area contributed by atoms with Gasteiger partial charge in [0.05, 0.1) is 17.9 Å². The molecule has 0 aliphatic carbocycles. The molecule has 6 heteroatoms. The van der Waals surface area contributed by atoms with Crippen LogP contribution in [0.3, 0.4) is 0 Å². The molecule has 1 aliphatic rings. The fourth-order valence-electron chi connectivity index (χ4n) is 7.51. The lowest BCUT2D eigenvalue weighted by Crippen LogP contribution is -2.32. The second-order valence-corrected chi connectivity index (χ2v) is 13.6. The highest BCUT2D eigenvalue weighted by Crippen LogP contribution is 2.54. The molecule has 1 unspecified atom stereocenters. The van der Waals surface area contributed by atoms with Gasteiger partial charge in [-0.25, -0.2) is 4.79 Å². The summed E-state index contributed by atoms with van der Waals surface area (Å²) in [5, 5.41) is 1.01. The smallest absolute Gasteiger partial charge is 0.341 e. The first-order valence-electron chi connectivity index (χ1n) is 18.9. The molecule has 5 aromatic rings. The molecule has 262 valence electrons. The molecule has 0 N–H and O–H groups in total. The number of nitrogens with zero attached hydrogens (tertiary/aromatic N) is 3. The van der Waals surface area contributed by atoms with Crippen molar-refractivity contribution in [3.63, 3.8) is 0 Å². The summed E-state index contributed by atoms with van der Waals surface area (Å²) in [6.45, 7) is 9.30. The number of benzene rings is 3. The summed E-state index contributed by atoms with van der Waals surface area (Å²) in [6.07, 6.45) is 13.3. The Morgan fingerprint density at radius 3 is 2.24 bits per heavy atom. The second-order valence-electron chi connectivity index (χ2n) is 13.6. The van der Waals surface area contributed by atoms with E-state index in [-0.39, 0.29) is 5.97 Å². The van der Waals surface area contributed by atoms with E-state index in [2.05, 4.69) is 104 Å². The van der Waals surface area contributed by atoms with Gasteiger partial charge in [-0.05, 0) is 55.2 Å². The highest BCUT2D eigenvalue weighted by Gasteiger charge is 2.54. The average Bonchev–Trinajstić information content (AvgIpc) is 3.62. The van der Waals surface area contributed by atoms with Crippen molar-refractivity contribution in [3.8, 4) is 17.0 Å². The van der Waals surface area contributed by atoms with Crippen molar-refractivity contribution in [1.82, 2.24) is 9.55 Å². The Labute approximate surface area is 298 Å². The van der Waals surface area contributed by atoms with Crippen molar-refractivity contribution in [2.24, 2.45) is 7.05 Å². The third kappa shape index (κ3) is 6.90. The quantitative estimate of drug-likeness (QED) is 0.0685. The Morgan fingerprint density at radius 1 is 0.780 bits per heavy atom. The molecule has 1 atom stereocenters. The summed E-state index contributed by atoms with van der Waals surface area (Å²) in [6, 6.07) is 29.0. The molecule has 50 heavy (non-hydrogen) atoms. The molecule has 3 aromatic carbocycles. The number of para-hydroxylation sites is 1. The van der Waals surface area contributed by atoms with E-state index in [9.17, 15) is 4.79 Å². The normalized spacial score (nSPS) is 15.3. The van der Waals surface area contributed by atoms with Gasteiger partial charge in [-0.2, -0.15) is 0 Å². The average molecular weight is 672 g/mol. The van der Waals surface area contributed by atoms with Gasteiger partial charge in [0, 0.05) is 60.1 Å². The number of pyridine rings is 1.